The van der Waals surface area contributed by atoms with Crippen LogP contribution in [-0.2, 0) is 14.3 Å². The van der Waals surface area contributed by atoms with E-state index in [1.165, 1.54) is 0 Å². The molecule has 2 amide bonds. The molecular weight excluding hydrogens is 458 g/mol. The van der Waals surface area contributed by atoms with E-state index in [1.807, 2.05) is 48.5 Å². The molecule has 4 rings (SSSR count). The van der Waals surface area contributed by atoms with Gasteiger partial charge in [0.15, 0.2) is 0 Å². The molecule has 0 aliphatic heterocycles. The zero-order valence-corrected chi connectivity index (χ0v) is 19.3. The molecule has 7 nitrogen and oxygen atoms in total. The molecule has 0 saturated heterocycles. The largest absolute Gasteiger partial charge is 0.477 e. The summed E-state index contributed by atoms with van der Waals surface area (Å²) < 4.78 is 33.4. The van der Waals surface area contributed by atoms with Gasteiger partial charge in [0.1, 0.15) is 12.6 Å². The van der Waals surface area contributed by atoms with Gasteiger partial charge in [-0.1, -0.05) is 48.5 Å². The Morgan fingerprint density at radius 3 is 2.14 bits per heavy atom. The first kappa shape index (κ1) is 24.6. The van der Waals surface area contributed by atoms with Crippen LogP contribution in [0.2, 0.25) is 0 Å². The van der Waals surface area contributed by atoms with E-state index in [4.69, 9.17) is 9.84 Å². The fraction of sp³-hybridized carbons (Fsp3) is 0.423. The van der Waals surface area contributed by atoms with Gasteiger partial charge in [0.2, 0.25) is 5.91 Å². The van der Waals surface area contributed by atoms with Crippen molar-refractivity contribution in [1.29, 1.82) is 0 Å². The highest BCUT2D eigenvalue weighted by atomic mass is 19.3. The highest BCUT2D eigenvalue weighted by Crippen LogP contribution is 2.44. The molecule has 35 heavy (non-hydrogen) atoms. The number of aliphatic carboxylic acids is 1. The van der Waals surface area contributed by atoms with Gasteiger partial charge < -0.3 is 20.5 Å². The van der Waals surface area contributed by atoms with Gasteiger partial charge >= 0.3 is 18.0 Å². The number of alkyl halides is 2. The van der Waals surface area contributed by atoms with Gasteiger partial charge in [0.25, 0.3) is 0 Å². The Balaban J connectivity index is 1.25. The number of halogens is 2. The van der Waals surface area contributed by atoms with Gasteiger partial charge in [-0.3, -0.25) is 4.79 Å². The third-order valence-electron chi connectivity index (χ3n) is 6.60. The summed E-state index contributed by atoms with van der Waals surface area (Å²) in [5.74, 6) is -7.57. The summed E-state index contributed by atoms with van der Waals surface area (Å²) in [5, 5.41) is 13.6. The molecule has 0 aromatic heterocycles. The number of rotatable bonds is 10. The van der Waals surface area contributed by atoms with Gasteiger partial charge in [0, 0.05) is 18.4 Å². The van der Waals surface area contributed by atoms with Crippen LogP contribution in [0.1, 0.15) is 49.7 Å². The maximum Gasteiger partial charge on any atom is 0.407 e. The second-order valence-corrected chi connectivity index (χ2v) is 9.22. The Morgan fingerprint density at radius 1 is 1.03 bits per heavy atom. The Morgan fingerprint density at radius 2 is 1.60 bits per heavy atom. The Hall–Kier alpha value is -3.49. The van der Waals surface area contributed by atoms with E-state index >= 15 is 0 Å². The molecule has 2 aromatic rings. The summed E-state index contributed by atoms with van der Waals surface area (Å²) in [6.07, 6.45) is 0.324. The fourth-order valence-corrected chi connectivity index (χ4v) is 4.57. The number of hydrogen-bond acceptors (Lipinski definition) is 4. The van der Waals surface area contributed by atoms with Crippen LogP contribution in [0, 0.1) is 5.92 Å². The van der Waals surface area contributed by atoms with Crippen molar-refractivity contribution in [2.75, 3.05) is 6.61 Å². The van der Waals surface area contributed by atoms with Crippen molar-refractivity contribution in [3.63, 3.8) is 0 Å². The van der Waals surface area contributed by atoms with Crippen LogP contribution in [-0.4, -0.2) is 47.7 Å². The lowest BCUT2D eigenvalue weighted by Crippen LogP contribution is -2.53. The highest BCUT2D eigenvalue weighted by molar-refractivity contribution is 5.81. The van der Waals surface area contributed by atoms with Gasteiger partial charge in [-0.25, -0.2) is 9.59 Å². The van der Waals surface area contributed by atoms with Crippen molar-refractivity contribution in [2.24, 2.45) is 5.92 Å². The zero-order chi connectivity index (χ0) is 25.2. The van der Waals surface area contributed by atoms with E-state index in [1.54, 1.807) is 6.92 Å². The summed E-state index contributed by atoms with van der Waals surface area (Å²) >= 11 is 0. The van der Waals surface area contributed by atoms with Gasteiger partial charge in [-0.15, -0.1) is 0 Å². The number of carbonyl (C=O) groups excluding carboxylic acids is 2. The molecule has 2 aromatic carbocycles. The summed E-state index contributed by atoms with van der Waals surface area (Å²) in [7, 11) is 0. The molecule has 186 valence electrons. The van der Waals surface area contributed by atoms with Crippen LogP contribution < -0.4 is 10.6 Å². The topological polar surface area (TPSA) is 105 Å². The van der Waals surface area contributed by atoms with Crippen molar-refractivity contribution in [1.82, 2.24) is 10.6 Å². The molecule has 1 fully saturated rings. The van der Waals surface area contributed by atoms with E-state index in [-0.39, 0.29) is 25.4 Å². The predicted molar refractivity (Wildman–Crippen MR) is 124 cm³/mol. The number of carbonyl (C=O) groups is 3. The molecule has 2 atom stereocenters. The molecule has 0 spiro atoms. The van der Waals surface area contributed by atoms with Crippen LogP contribution in [0.25, 0.3) is 11.1 Å². The zero-order valence-electron chi connectivity index (χ0n) is 19.3. The van der Waals surface area contributed by atoms with Gasteiger partial charge in [-0.2, -0.15) is 8.78 Å². The molecule has 3 N–H and O–H groups in total. The molecule has 9 heteroatoms. The fourth-order valence-electron chi connectivity index (χ4n) is 4.57. The van der Waals surface area contributed by atoms with Crippen molar-refractivity contribution in [2.45, 2.75) is 56.5 Å². The lowest BCUT2D eigenvalue weighted by atomic mass is 9.98. The number of amides is 2. The first-order chi connectivity index (χ1) is 16.7. The molecule has 2 unspecified atom stereocenters. The maximum atomic E-state index is 13.9. The minimum atomic E-state index is -4.03. The molecule has 0 bridgehead atoms. The first-order valence-corrected chi connectivity index (χ1v) is 11.7. The maximum absolute atomic E-state index is 13.9. The monoisotopic (exact) mass is 486 g/mol. The summed E-state index contributed by atoms with van der Waals surface area (Å²) in [6.45, 7) is 1.83. The molecule has 1 saturated carbocycles. The quantitative estimate of drug-likeness (QED) is 0.464. The normalized spacial score (nSPS) is 16.5. The number of fused-ring (bicyclic) bond motifs is 3. The minimum Gasteiger partial charge on any atom is -0.477 e. The molecular formula is C26H28F2N2O5. The molecule has 0 heterocycles. The van der Waals surface area contributed by atoms with Crippen LogP contribution in [0.15, 0.2) is 48.5 Å². The average molecular weight is 487 g/mol. The van der Waals surface area contributed by atoms with Crippen molar-refractivity contribution in [3.8, 4) is 11.1 Å². The molecule has 2 aliphatic carbocycles. The lowest BCUT2D eigenvalue weighted by molar-refractivity contribution is -0.171. The molecule has 0 radical (unpaired) electrons. The smallest absolute Gasteiger partial charge is 0.407 e. The number of ether oxygens (including phenoxy) is 1. The number of carboxylic acid groups (broad SMARTS) is 1. The summed E-state index contributed by atoms with van der Waals surface area (Å²) in [4.78, 5) is 35.5. The number of carboxylic acids is 1. The highest BCUT2D eigenvalue weighted by Gasteiger charge is 2.54. The summed E-state index contributed by atoms with van der Waals surface area (Å²) in [5.41, 5.74) is 4.42. The number of nitrogens with one attached hydrogen (secondary N) is 2. The predicted octanol–water partition coefficient (Wildman–Crippen LogP) is 4.31. The lowest BCUT2D eigenvalue weighted by Gasteiger charge is -2.24. The van der Waals surface area contributed by atoms with E-state index in [9.17, 15) is 23.2 Å². The minimum absolute atomic E-state index is 0.0792. The first-order valence-electron chi connectivity index (χ1n) is 11.7. The standard InChI is InChI=1S/C26H28F2N2O5/c1-15(10-13-22(31)30-23(16-11-12-16)26(27,28)24(32)33)29-25(34)35-14-21-19-8-4-2-6-17(19)18-7-3-5-9-20(18)21/h2-9,15-16,21,23H,10-14H2,1H3,(H,29,34)(H,30,31)(H,32,33). The Labute approximate surface area is 201 Å². The van der Waals surface area contributed by atoms with Crippen molar-refractivity contribution in [3.05, 3.63) is 59.7 Å². The average Bonchev–Trinajstić information content (AvgIpc) is 3.62. The third-order valence-corrected chi connectivity index (χ3v) is 6.60. The second-order valence-electron chi connectivity index (χ2n) is 9.22. The third kappa shape index (κ3) is 5.44. The molecule has 2 aliphatic rings. The van der Waals surface area contributed by atoms with Crippen molar-refractivity contribution >= 4 is 18.0 Å². The van der Waals surface area contributed by atoms with E-state index in [2.05, 4.69) is 10.6 Å². The van der Waals surface area contributed by atoms with Crippen molar-refractivity contribution < 1.29 is 33.0 Å². The Bertz CT molecular complexity index is 1070. The number of hydrogen-bond donors (Lipinski definition) is 3. The van der Waals surface area contributed by atoms with Crippen LogP contribution in [0.3, 0.4) is 0 Å². The SMILES string of the molecule is CC(CCC(=O)NC(C1CC1)C(F)(F)C(=O)O)NC(=O)OCC1c2ccccc2-c2ccccc21. The number of benzene rings is 2. The second kappa shape index (κ2) is 10.0. The van der Waals surface area contributed by atoms with E-state index in [0.717, 1.165) is 22.3 Å². The van der Waals surface area contributed by atoms with E-state index in [0.29, 0.717) is 12.8 Å². The van der Waals surface area contributed by atoms with E-state index < -0.39 is 41.9 Å². The van der Waals surface area contributed by atoms with Crippen LogP contribution >= 0.6 is 0 Å². The van der Waals surface area contributed by atoms with Crippen LogP contribution in [0.4, 0.5) is 13.6 Å². The van der Waals surface area contributed by atoms with Crippen LogP contribution in [0.5, 0.6) is 0 Å². The summed E-state index contributed by atoms with van der Waals surface area (Å²) in [6, 6.07) is 13.8. The van der Waals surface area contributed by atoms with Gasteiger partial charge in [0.05, 0.1) is 0 Å². The Kier molecular flexibility index (Phi) is 7.05. The van der Waals surface area contributed by atoms with Gasteiger partial charge in [-0.05, 0) is 54.4 Å². The number of alkyl carbamates (subject to hydrolysis) is 1.